The fraction of sp³-hybridized carbons (Fsp3) is 0.300. The number of fused-ring (bicyclic) bond motifs is 1. The lowest BCUT2D eigenvalue weighted by Gasteiger charge is -2.25. The van der Waals surface area contributed by atoms with Gasteiger partial charge in [-0.15, -0.1) is 0 Å². The summed E-state index contributed by atoms with van der Waals surface area (Å²) < 4.78 is 5.18. The molecule has 4 heteroatoms. The Kier molecular flexibility index (Phi) is 5.93. The molecule has 1 aliphatic rings. The maximum atomic E-state index is 5.18. The fourth-order valence-electron chi connectivity index (χ4n) is 3.58. The SMILES string of the molecule is COc1ccc(N/C=C/C2[NH+](C)c3ccccc3C2(C)C)cc1.[I-]. The van der Waals surface area contributed by atoms with Gasteiger partial charge >= 0.3 is 0 Å². The summed E-state index contributed by atoms with van der Waals surface area (Å²) in [4.78, 5) is 1.44. The molecule has 0 aromatic heterocycles. The monoisotopic (exact) mass is 436 g/mol. The zero-order chi connectivity index (χ0) is 16.4. The van der Waals surface area contributed by atoms with Gasteiger partial charge in [0.05, 0.1) is 19.6 Å². The number of rotatable bonds is 4. The molecule has 0 radical (unpaired) electrons. The van der Waals surface area contributed by atoms with Gasteiger partial charge in [0.2, 0.25) is 0 Å². The predicted molar refractivity (Wildman–Crippen MR) is 95.6 cm³/mol. The topological polar surface area (TPSA) is 25.7 Å². The number of likely N-dealkylation sites (N-methyl/N-ethyl adjacent to an activating group) is 1. The number of hydrogen-bond acceptors (Lipinski definition) is 2. The predicted octanol–water partition coefficient (Wildman–Crippen LogP) is 0.131. The first-order valence-electron chi connectivity index (χ1n) is 8.04. The summed E-state index contributed by atoms with van der Waals surface area (Å²) in [5.74, 6) is 0.871. The molecule has 128 valence electrons. The van der Waals surface area contributed by atoms with Gasteiger partial charge in [-0.05, 0) is 50.3 Å². The van der Waals surface area contributed by atoms with E-state index in [4.69, 9.17) is 4.74 Å². The van der Waals surface area contributed by atoms with Gasteiger partial charge in [-0.3, -0.25) is 4.90 Å². The van der Waals surface area contributed by atoms with Crippen LogP contribution >= 0.6 is 0 Å². The van der Waals surface area contributed by atoms with E-state index in [9.17, 15) is 0 Å². The Hall–Kier alpha value is -1.53. The van der Waals surface area contributed by atoms with Crippen molar-refractivity contribution in [1.29, 1.82) is 0 Å². The second-order valence-electron chi connectivity index (χ2n) is 6.66. The summed E-state index contributed by atoms with van der Waals surface area (Å²) in [5.41, 5.74) is 4.03. The van der Waals surface area contributed by atoms with E-state index < -0.39 is 0 Å². The Balaban J connectivity index is 0.00000208. The lowest BCUT2D eigenvalue weighted by Crippen LogP contribution is -3.07. The summed E-state index contributed by atoms with van der Waals surface area (Å²) in [6.45, 7) is 4.65. The van der Waals surface area contributed by atoms with Gasteiger partial charge in [-0.1, -0.05) is 18.2 Å². The molecule has 1 aliphatic heterocycles. The van der Waals surface area contributed by atoms with E-state index in [2.05, 4.69) is 62.8 Å². The third kappa shape index (κ3) is 3.44. The van der Waals surface area contributed by atoms with Crippen molar-refractivity contribution >= 4 is 11.4 Å². The van der Waals surface area contributed by atoms with Crippen LogP contribution in [0.25, 0.3) is 0 Å². The van der Waals surface area contributed by atoms with Crippen LogP contribution in [0, 0.1) is 0 Å². The van der Waals surface area contributed by atoms with Crippen molar-refractivity contribution in [1.82, 2.24) is 0 Å². The molecular weight excluding hydrogens is 411 g/mol. The Labute approximate surface area is 161 Å². The number of ether oxygens (including phenoxy) is 1. The van der Waals surface area contributed by atoms with E-state index in [1.807, 2.05) is 24.3 Å². The standard InChI is InChI=1S/C20H24N2O.HI/c1-20(2)17-7-5-6-8-18(17)22(3)19(20)13-14-21-15-9-11-16(23-4)12-10-15;/h5-14,19,21H,1-4H3;1H/b14-13+;. The number of nitrogens with one attached hydrogen (secondary N) is 2. The van der Waals surface area contributed by atoms with Crippen LogP contribution in [0.15, 0.2) is 60.8 Å². The van der Waals surface area contributed by atoms with Crippen molar-refractivity contribution in [3.63, 3.8) is 0 Å². The van der Waals surface area contributed by atoms with Gasteiger partial charge in [-0.25, -0.2) is 0 Å². The van der Waals surface area contributed by atoms with Gasteiger partial charge in [0.1, 0.15) is 17.5 Å². The Morgan fingerprint density at radius 3 is 2.38 bits per heavy atom. The van der Waals surface area contributed by atoms with Gasteiger partial charge < -0.3 is 34.0 Å². The molecule has 3 nitrogen and oxygen atoms in total. The smallest absolute Gasteiger partial charge is 0.135 e. The molecule has 2 aromatic rings. The lowest BCUT2D eigenvalue weighted by atomic mass is 9.80. The summed E-state index contributed by atoms with van der Waals surface area (Å²) in [5, 5.41) is 3.36. The maximum Gasteiger partial charge on any atom is 0.135 e. The van der Waals surface area contributed by atoms with Crippen molar-refractivity contribution in [2.75, 3.05) is 19.5 Å². The lowest BCUT2D eigenvalue weighted by molar-refractivity contribution is -0.828. The van der Waals surface area contributed by atoms with Crippen LogP contribution in [-0.4, -0.2) is 20.2 Å². The first-order chi connectivity index (χ1) is 11.0. The first kappa shape index (κ1) is 18.8. The van der Waals surface area contributed by atoms with Crippen LogP contribution in [0.3, 0.4) is 0 Å². The zero-order valence-electron chi connectivity index (χ0n) is 14.6. The molecule has 24 heavy (non-hydrogen) atoms. The maximum absolute atomic E-state index is 5.18. The molecule has 2 unspecified atom stereocenters. The average molecular weight is 436 g/mol. The van der Waals surface area contributed by atoms with E-state index in [1.54, 1.807) is 7.11 Å². The number of anilines is 1. The second kappa shape index (κ2) is 7.57. The Bertz CT molecular complexity index is 710. The number of para-hydroxylation sites is 1. The molecule has 2 aromatic carbocycles. The number of quaternary nitrogens is 1. The van der Waals surface area contributed by atoms with Crippen molar-refractivity contribution in [2.45, 2.75) is 25.3 Å². The Morgan fingerprint density at radius 1 is 1.08 bits per heavy atom. The minimum atomic E-state index is 0. The summed E-state index contributed by atoms with van der Waals surface area (Å²) in [7, 11) is 3.93. The molecule has 0 aliphatic carbocycles. The molecule has 0 spiro atoms. The van der Waals surface area contributed by atoms with Crippen LogP contribution in [0.4, 0.5) is 11.4 Å². The van der Waals surface area contributed by atoms with Crippen molar-refractivity contribution < 1.29 is 33.6 Å². The minimum Gasteiger partial charge on any atom is -1.00 e. The van der Waals surface area contributed by atoms with E-state index in [-0.39, 0.29) is 29.4 Å². The summed E-state index contributed by atoms with van der Waals surface area (Å²) >= 11 is 0. The van der Waals surface area contributed by atoms with Crippen LogP contribution in [0.1, 0.15) is 19.4 Å². The van der Waals surface area contributed by atoms with Crippen LogP contribution in [-0.2, 0) is 5.41 Å². The second-order valence-corrected chi connectivity index (χ2v) is 6.66. The molecule has 0 fully saturated rings. The van der Waals surface area contributed by atoms with Gasteiger partial charge in [0.15, 0.2) is 0 Å². The highest BCUT2D eigenvalue weighted by atomic mass is 127. The number of methoxy groups -OCH3 is 1. The third-order valence-corrected chi connectivity index (χ3v) is 4.92. The summed E-state index contributed by atoms with van der Waals surface area (Å²) in [6, 6.07) is 17.1. The number of hydrogen-bond donors (Lipinski definition) is 2. The van der Waals surface area contributed by atoms with Crippen LogP contribution in [0.2, 0.25) is 0 Å². The van der Waals surface area contributed by atoms with Crippen molar-refractivity contribution in [3.05, 3.63) is 66.4 Å². The zero-order valence-corrected chi connectivity index (χ0v) is 16.8. The van der Waals surface area contributed by atoms with Crippen molar-refractivity contribution in [3.8, 4) is 5.75 Å². The quantitative estimate of drug-likeness (QED) is 0.667. The average Bonchev–Trinajstić information content (AvgIpc) is 2.76. The normalized spacial score (nSPS) is 21.2. The highest BCUT2D eigenvalue weighted by molar-refractivity contribution is 5.51. The Morgan fingerprint density at radius 2 is 1.75 bits per heavy atom. The highest BCUT2D eigenvalue weighted by Crippen LogP contribution is 2.36. The van der Waals surface area contributed by atoms with E-state index in [0.29, 0.717) is 6.04 Å². The van der Waals surface area contributed by atoms with Crippen LogP contribution in [0.5, 0.6) is 5.75 Å². The van der Waals surface area contributed by atoms with Gasteiger partial charge in [0, 0.05) is 17.5 Å². The molecule has 1 heterocycles. The molecular formula is C20H25IN2O. The number of benzene rings is 2. The summed E-state index contributed by atoms with van der Waals surface area (Å²) in [6.07, 6.45) is 4.34. The molecule has 0 bridgehead atoms. The molecule has 3 rings (SSSR count). The molecule has 0 saturated heterocycles. The van der Waals surface area contributed by atoms with Crippen LogP contribution < -0.4 is 38.9 Å². The molecule has 0 amide bonds. The number of halogens is 1. The van der Waals surface area contributed by atoms with E-state index in [1.165, 1.54) is 16.2 Å². The largest absolute Gasteiger partial charge is 1.00 e. The van der Waals surface area contributed by atoms with Gasteiger partial charge in [-0.2, -0.15) is 0 Å². The van der Waals surface area contributed by atoms with Gasteiger partial charge in [0.25, 0.3) is 0 Å². The fourth-order valence-corrected chi connectivity index (χ4v) is 3.58. The van der Waals surface area contributed by atoms with Crippen molar-refractivity contribution in [2.24, 2.45) is 0 Å². The molecule has 0 saturated carbocycles. The van der Waals surface area contributed by atoms with E-state index in [0.717, 1.165) is 11.4 Å². The first-order valence-corrected chi connectivity index (χ1v) is 8.04. The minimum absolute atomic E-state index is 0. The molecule has 2 N–H and O–H groups in total. The molecule has 2 atom stereocenters. The third-order valence-electron chi connectivity index (χ3n) is 4.92. The van der Waals surface area contributed by atoms with E-state index >= 15 is 0 Å². The highest BCUT2D eigenvalue weighted by Gasteiger charge is 2.45.